The van der Waals surface area contributed by atoms with Crippen molar-refractivity contribution in [1.82, 2.24) is 5.32 Å². The second kappa shape index (κ2) is 7.42. The molecule has 1 atom stereocenters. The van der Waals surface area contributed by atoms with Crippen molar-refractivity contribution >= 4 is 29.1 Å². The standard InChI is InChI=1S/C16H12Cl2F3NO2/c17-10-5-9(6-11(18)7-10)15(24)22-8-14(23)12-3-1-2-4-13(12)16(19,20)21/h1-7,14,23H,8H2,(H,22,24)/t14-/m1/s1. The van der Waals surface area contributed by atoms with Gasteiger partial charge in [-0.2, -0.15) is 13.2 Å². The van der Waals surface area contributed by atoms with Crippen LogP contribution in [0.5, 0.6) is 0 Å². The quantitative estimate of drug-likeness (QED) is 0.825. The number of rotatable bonds is 4. The third-order valence-corrected chi connectivity index (χ3v) is 3.64. The summed E-state index contributed by atoms with van der Waals surface area (Å²) < 4.78 is 38.8. The second-order valence-electron chi connectivity index (χ2n) is 4.97. The van der Waals surface area contributed by atoms with Gasteiger partial charge in [0.05, 0.1) is 11.7 Å². The normalized spacial score (nSPS) is 12.8. The summed E-state index contributed by atoms with van der Waals surface area (Å²) in [6, 6.07) is 8.80. The van der Waals surface area contributed by atoms with E-state index < -0.39 is 30.3 Å². The number of carbonyl (C=O) groups is 1. The molecule has 0 aliphatic heterocycles. The van der Waals surface area contributed by atoms with Crippen molar-refractivity contribution in [2.24, 2.45) is 0 Å². The minimum absolute atomic E-state index is 0.142. The molecule has 0 spiro atoms. The van der Waals surface area contributed by atoms with E-state index in [4.69, 9.17) is 23.2 Å². The van der Waals surface area contributed by atoms with Gasteiger partial charge < -0.3 is 10.4 Å². The summed E-state index contributed by atoms with van der Waals surface area (Å²) in [5.41, 5.74) is -1.12. The number of halogens is 5. The van der Waals surface area contributed by atoms with E-state index in [0.29, 0.717) is 0 Å². The van der Waals surface area contributed by atoms with Gasteiger partial charge in [-0.05, 0) is 29.8 Å². The molecule has 0 saturated carbocycles. The number of benzene rings is 2. The van der Waals surface area contributed by atoms with Crippen LogP contribution in [0, 0.1) is 0 Å². The Morgan fingerprint density at radius 1 is 1.12 bits per heavy atom. The van der Waals surface area contributed by atoms with Gasteiger partial charge in [0, 0.05) is 22.2 Å². The van der Waals surface area contributed by atoms with Crippen LogP contribution in [0.4, 0.5) is 13.2 Å². The van der Waals surface area contributed by atoms with E-state index in [2.05, 4.69) is 5.32 Å². The maximum Gasteiger partial charge on any atom is 0.416 e. The summed E-state index contributed by atoms with van der Waals surface area (Å²) in [5.74, 6) is -0.608. The van der Waals surface area contributed by atoms with E-state index in [1.807, 2.05) is 0 Å². The van der Waals surface area contributed by atoms with Gasteiger partial charge in [0.15, 0.2) is 0 Å². The van der Waals surface area contributed by atoms with Crippen LogP contribution in [0.3, 0.4) is 0 Å². The van der Waals surface area contributed by atoms with Crippen molar-refractivity contribution < 1.29 is 23.1 Å². The molecule has 3 nitrogen and oxygen atoms in total. The van der Waals surface area contributed by atoms with Crippen molar-refractivity contribution in [3.8, 4) is 0 Å². The largest absolute Gasteiger partial charge is 0.416 e. The predicted molar refractivity (Wildman–Crippen MR) is 85.2 cm³/mol. The lowest BCUT2D eigenvalue weighted by molar-refractivity contribution is -0.139. The molecule has 0 bridgehead atoms. The molecule has 0 heterocycles. The van der Waals surface area contributed by atoms with Gasteiger partial charge in [0.1, 0.15) is 0 Å². The highest BCUT2D eigenvalue weighted by Gasteiger charge is 2.34. The van der Waals surface area contributed by atoms with Crippen LogP contribution in [0.2, 0.25) is 10.0 Å². The van der Waals surface area contributed by atoms with E-state index in [1.165, 1.54) is 30.3 Å². The second-order valence-corrected chi connectivity index (χ2v) is 5.84. The number of hydrogen-bond acceptors (Lipinski definition) is 2. The molecular formula is C16H12Cl2F3NO2. The Labute approximate surface area is 146 Å². The van der Waals surface area contributed by atoms with Gasteiger partial charge in [-0.25, -0.2) is 0 Å². The Hall–Kier alpha value is -1.76. The fourth-order valence-corrected chi connectivity index (χ4v) is 2.66. The lowest BCUT2D eigenvalue weighted by Gasteiger charge is -2.18. The molecule has 2 rings (SSSR count). The third-order valence-electron chi connectivity index (χ3n) is 3.21. The molecule has 128 valence electrons. The van der Waals surface area contributed by atoms with Crippen LogP contribution < -0.4 is 5.32 Å². The average Bonchev–Trinajstić information content (AvgIpc) is 2.50. The summed E-state index contributed by atoms with van der Waals surface area (Å²) in [5, 5.41) is 12.9. The first-order valence-electron chi connectivity index (χ1n) is 6.77. The molecule has 0 fully saturated rings. The smallest absolute Gasteiger partial charge is 0.387 e. The van der Waals surface area contributed by atoms with Gasteiger partial charge in [0.2, 0.25) is 0 Å². The first-order valence-corrected chi connectivity index (χ1v) is 7.52. The van der Waals surface area contributed by atoms with Crippen LogP contribution in [-0.4, -0.2) is 17.6 Å². The van der Waals surface area contributed by atoms with Crippen LogP contribution in [0.25, 0.3) is 0 Å². The summed E-state index contributed by atoms with van der Waals surface area (Å²) in [4.78, 5) is 12.0. The van der Waals surface area contributed by atoms with Crippen molar-refractivity contribution in [3.05, 3.63) is 69.2 Å². The van der Waals surface area contributed by atoms with Gasteiger partial charge in [-0.15, -0.1) is 0 Å². The zero-order valence-corrected chi connectivity index (χ0v) is 13.6. The summed E-state index contributed by atoms with van der Waals surface area (Å²) in [6.45, 7) is -0.393. The highest BCUT2D eigenvalue weighted by Crippen LogP contribution is 2.34. The Balaban J connectivity index is 2.11. The van der Waals surface area contributed by atoms with E-state index >= 15 is 0 Å². The number of aliphatic hydroxyl groups excluding tert-OH is 1. The third kappa shape index (κ3) is 4.63. The summed E-state index contributed by atoms with van der Waals surface area (Å²) in [7, 11) is 0. The molecule has 24 heavy (non-hydrogen) atoms. The van der Waals surface area contributed by atoms with Crippen molar-refractivity contribution in [1.29, 1.82) is 0 Å². The van der Waals surface area contributed by atoms with Crippen LogP contribution >= 0.6 is 23.2 Å². The zero-order chi connectivity index (χ0) is 17.9. The molecule has 2 aromatic carbocycles. The molecule has 0 aliphatic rings. The van der Waals surface area contributed by atoms with Gasteiger partial charge >= 0.3 is 6.18 Å². The molecular weight excluding hydrogens is 366 g/mol. The first kappa shape index (κ1) is 18.6. The Morgan fingerprint density at radius 2 is 1.71 bits per heavy atom. The van der Waals surface area contributed by atoms with Crippen molar-refractivity contribution in [2.75, 3.05) is 6.54 Å². The summed E-state index contributed by atoms with van der Waals surface area (Å²) in [6.07, 6.45) is -6.11. The van der Waals surface area contributed by atoms with Gasteiger partial charge in [0.25, 0.3) is 5.91 Å². The number of carbonyl (C=O) groups excluding carboxylic acids is 1. The molecule has 0 unspecified atom stereocenters. The average molecular weight is 378 g/mol. The fourth-order valence-electron chi connectivity index (χ4n) is 2.13. The number of amides is 1. The molecule has 2 N–H and O–H groups in total. The molecule has 1 amide bonds. The zero-order valence-electron chi connectivity index (χ0n) is 12.1. The van der Waals surface area contributed by atoms with Gasteiger partial charge in [-0.1, -0.05) is 41.4 Å². The summed E-state index contributed by atoms with van der Waals surface area (Å²) >= 11 is 11.6. The van der Waals surface area contributed by atoms with E-state index in [0.717, 1.165) is 12.1 Å². The monoisotopic (exact) mass is 377 g/mol. The van der Waals surface area contributed by atoms with Crippen molar-refractivity contribution in [2.45, 2.75) is 12.3 Å². The molecule has 0 aromatic heterocycles. The minimum atomic E-state index is -4.60. The Kier molecular flexibility index (Phi) is 5.74. The Morgan fingerprint density at radius 3 is 2.29 bits per heavy atom. The van der Waals surface area contributed by atoms with Gasteiger partial charge in [-0.3, -0.25) is 4.79 Å². The highest BCUT2D eigenvalue weighted by molar-refractivity contribution is 6.35. The molecule has 2 aromatic rings. The maximum absolute atomic E-state index is 12.9. The molecule has 8 heteroatoms. The van der Waals surface area contributed by atoms with E-state index in [9.17, 15) is 23.1 Å². The lowest BCUT2D eigenvalue weighted by atomic mass is 10.0. The predicted octanol–water partition coefficient (Wildman–Crippen LogP) is 4.48. The number of nitrogens with one attached hydrogen (secondary N) is 1. The Bertz CT molecular complexity index is 730. The van der Waals surface area contributed by atoms with Crippen molar-refractivity contribution in [3.63, 3.8) is 0 Å². The number of aliphatic hydroxyl groups is 1. The fraction of sp³-hybridized carbons (Fsp3) is 0.188. The van der Waals surface area contributed by atoms with E-state index in [1.54, 1.807) is 0 Å². The first-order chi connectivity index (χ1) is 11.2. The number of hydrogen-bond donors (Lipinski definition) is 2. The minimum Gasteiger partial charge on any atom is -0.387 e. The SMILES string of the molecule is O=C(NC[C@@H](O)c1ccccc1C(F)(F)F)c1cc(Cl)cc(Cl)c1. The van der Waals surface area contributed by atoms with Crippen LogP contribution in [-0.2, 0) is 6.18 Å². The molecule has 0 saturated heterocycles. The lowest BCUT2D eigenvalue weighted by Crippen LogP contribution is -2.29. The molecule has 0 radical (unpaired) electrons. The highest BCUT2D eigenvalue weighted by atomic mass is 35.5. The number of alkyl halides is 3. The maximum atomic E-state index is 12.9. The van der Waals surface area contributed by atoms with E-state index in [-0.39, 0.29) is 21.2 Å². The topological polar surface area (TPSA) is 49.3 Å². The van der Waals surface area contributed by atoms with Crippen LogP contribution in [0.1, 0.15) is 27.6 Å². The molecule has 0 aliphatic carbocycles. The van der Waals surface area contributed by atoms with Crippen LogP contribution in [0.15, 0.2) is 42.5 Å².